The molecule has 0 radical (unpaired) electrons. The summed E-state index contributed by atoms with van der Waals surface area (Å²) in [6.07, 6.45) is 1.78. The van der Waals surface area contributed by atoms with Crippen LogP contribution in [0, 0.1) is 5.41 Å². The summed E-state index contributed by atoms with van der Waals surface area (Å²) in [6.45, 7) is 14.1. The molecule has 3 aromatic rings. The summed E-state index contributed by atoms with van der Waals surface area (Å²) in [5.74, 6) is 0.483. The van der Waals surface area contributed by atoms with Gasteiger partial charge in [-0.3, -0.25) is 4.98 Å². The van der Waals surface area contributed by atoms with E-state index in [2.05, 4.69) is 79.7 Å². The van der Waals surface area contributed by atoms with Gasteiger partial charge in [-0.05, 0) is 45.6 Å². The average Bonchev–Trinajstić information content (AvgIpc) is 2.87. The van der Waals surface area contributed by atoms with Crippen LogP contribution >= 0.6 is 0 Å². The predicted octanol–water partition coefficient (Wildman–Crippen LogP) is 5.21. The molecule has 1 aliphatic rings. The zero-order chi connectivity index (χ0) is 22.6. The molecule has 0 atom stereocenters. The van der Waals surface area contributed by atoms with Gasteiger partial charge in [-0.25, -0.2) is 0 Å². The van der Waals surface area contributed by atoms with E-state index < -0.39 is 0 Å². The van der Waals surface area contributed by atoms with Gasteiger partial charge in [0.2, 0.25) is 0 Å². The standard InChI is InChI=1S/C25H30N4O2/c1-23(2)17-10-9-15(13-18(17)24(3,4)25(23,5)6)19-14-16(11-12-26-19)20-27-21(30-7)29-22(28-20)31-8/h9-14H,1-8H3. The third kappa shape index (κ3) is 3.08. The molecule has 6 heteroatoms. The number of fused-ring (bicyclic) bond motifs is 1. The highest BCUT2D eigenvalue weighted by atomic mass is 16.5. The minimum atomic E-state index is 0.0361. The van der Waals surface area contributed by atoms with Gasteiger partial charge in [0, 0.05) is 17.3 Å². The molecule has 1 aliphatic carbocycles. The number of ether oxygens (including phenoxy) is 2. The van der Waals surface area contributed by atoms with E-state index in [1.165, 1.54) is 25.3 Å². The molecule has 0 N–H and O–H groups in total. The van der Waals surface area contributed by atoms with Gasteiger partial charge >= 0.3 is 12.0 Å². The average molecular weight is 419 g/mol. The Labute approximate surface area is 184 Å². The summed E-state index contributed by atoms with van der Waals surface area (Å²) in [7, 11) is 3.04. The van der Waals surface area contributed by atoms with E-state index in [0.717, 1.165) is 16.8 Å². The van der Waals surface area contributed by atoms with Crippen LogP contribution < -0.4 is 9.47 Å². The Hall–Kier alpha value is -3.02. The molecule has 31 heavy (non-hydrogen) atoms. The first-order chi connectivity index (χ1) is 14.5. The molecule has 0 spiro atoms. The number of benzene rings is 1. The largest absolute Gasteiger partial charge is 0.467 e. The van der Waals surface area contributed by atoms with Crippen molar-refractivity contribution in [1.82, 2.24) is 19.9 Å². The second-order valence-electron chi connectivity index (χ2n) is 9.70. The predicted molar refractivity (Wildman–Crippen MR) is 121 cm³/mol. The van der Waals surface area contributed by atoms with E-state index >= 15 is 0 Å². The Balaban J connectivity index is 1.81. The maximum Gasteiger partial charge on any atom is 0.322 e. The zero-order valence-corrected chi connectivity index (χ0v) is 19.6. The van der Waals surface area contributed by atoms with Gasteiger partial charge in [-0.2, -0.15) is 9.97 Å². The van der Waals surface area contributed by atoms with Crippen molar-refractivity contribution in [3.05, 3.63) is 47.7 Å². The van der Waals surface area contributed by atoms with Crippen molar-refractivity contribution < 1.29 is 9.47 Å². The number of hydrogen-bond acceptors (Lipinski definition) is 6. The van der Waals surface area contributed by atoms with E-state index in [0.29, 0.717) is 5.82 Å². The quantitative estimate of drug-likeness (QED) is 0.579. The fourth-order valence-electron chi connectivity index (χ4n) is 4.60. The molecule has 0 unspecified atom stereocenters. The molecule has 162 valence electrons. The van der Waals surface area contributed by atoms with Gasteiger partial charge in [0.25, 0.3) is 0 Å². The van der Waals surface area contributed by atoms with Crippen molar-refractivity contribution in [3.8, 4) is 34.7 Å². The lowest BCUT2D eigenvalue weighted by atomic mass is 9.59. The van der Waals surface area contributed by atoms with Gasteiger partial charge in [0.05, 0.1) is 19.9 Å². The normalized spacial score (nSPS) is 17.8. The maximum absolute atomic E-state index is 5.19. The summed E-state index contributed by atoms with van der Waals surface area (Å²) in [5.41, 5.74) is 5.81. The minimum Gasteiger partial charge on any atom is -0.467 e. The van der Waals surface area contributed by atoms with Crippen molar-refractivity contribution in [1.29, 1.82) is 0 Å². The molecule has 2 aromatic heterocycles. The van der Waals surface area contributed by atoms with Gasteiger partial charge in [0.1, 0.15) is 0 Å². The van der Waals surface area contributed by atoms with Crippen LogP contribution in [0.5, 0.6) is 12.0 Å². The van der Waals surface area contributed by atoms with Crippen molar-refractivity contribution in [2.24, 2.45) is 5.41 Å². The van der Waals surface area contributed by atoms with Gasteiger partial charge in [-0.15, -0.1) is 4.98 Å². The first-order valence-electron chi connectivity index (χ1n) is 10.5. The zero-order valence-electron chi connectivity index (χ0n) is 19.6. The summed E-state index contributed by atoms with van der Waals surface area (Å²) in [5, 5.41) is 0. The molecule has 2 heterocycles. The van der Waals surface area contributed by atoms with Crippen LogP contribution in [0.15, 0.2) is 36.5 Å². The molecule has 6 nitrogen and oxygen atoms in total. The van der Waals surface area contributed by atoms with Gasteiger partial charge in [-0.1, -0.05) is 53.7 Å². The topological polar surface area (TPSA) is 70.0 Å². The van der Waals surface area contributed by atoms with Crippen molar-refractivity contribution in [2.45, 2.75) is 52.4 Å². The lowest BCUT2D eigenvalue weighted by molar-refractivity contribution is 0.125. The lowest BCUT2D eigenvalue weighted by Crippen LogP contribution is -2.42. The number of pyridine rings is 1. The van der Waals surface area contributed by atoms with Gasteiger partial charge in [0.15, 0.2) is 5.82 Å². The molecule has 0 aliphatic heterocycles. The van der Waals surface area contributed by atoms with Crippen LogP contribution in [0.4, 0.5) is 0 Å². The van der Waals surface area contributed by atoms with Crippen LogP contribution in [0.25, 0.3) is 22.6 Å². The van der Waals surface area contributed by atoms with Crippen LogP contribution in [-0.2, 0) is 10.8 Å². The van der Waals surface area contributed by atoms with E-state index in [9.17, 15) is 0 Å². The number of rotatable bonds is 4. The third-order valence-electron chi connectivity index (χ3n) is 7.76. The Morgan fingerprint density at radius 1 is 0.677 bits per heavy atom. The van der Waals surface area contributed by atoms with E-state index in [-0.39, 0.29) is 28.3 Å². The van der Waals surface area contributed by atoms with Crippen molar-refractivity contribution >= 4 is 0 Å². The summed E-state index contributed by atoms with van der Waals surface area (Å²) >= 11 is 0. The lowest BCUT2D eigenvalue weighted by Gasteiger charge is -2.44. The minimum absolute atomic E-state index is 0.0361. The highest BCUT2D eigenvalue weighted by Gasteiger charge is 2.56. The SMILES string of the molecule is COc1nc(OC)nc(-c2ccnc(-c3ccc4c(c3)C(C)(C)C(C)(C)C4(C)C)c2)n1. The van der Waals surface area contributed by atoms with Crippen molar-refractivity contribution in [3.63, 3.8) is 0 Å². The Kier molecular flexibility index (Phi) is 4.80. The third-order valence-corrected chi connectivity index (χ3v) is 7.76. The van der Waals surface area contributed by atoms with Crippen LogP contribution in [0.1, 0.15) is 52.7 Å². The Morgan fingerprint density at radius 2 is 1.29 bits per heavy atom. The fraction of sp³-hybridized carbons (Fsp3) is 0.440. The molecule has 0 amide bonds. The van der Waals surface area contributed by atoms with Gasteiger partial charge < -0.3 is 9.47 Å². The summed E-state index contributed by atoms with van der Waals surface area (Å²) in [4.78, 5) is 17.5. The second-order valence-corrected chi connectivity index (χ2v) is 9.70. The van der Waals surface area contributed by atoms with E-state index in [4.69, 9.17) is 9.47 Å². The van der Waals surface area contributed by atoms with E-state index in [1.807, 2.05) is 12.1 Å². The molecule has 1 aromatic carbocycles. The molecule has 0 saturated heterocycles. The summed E-state index contributed by atoms with van der Waals surface area (Å²) in [6, 6.07) is 11.0. The smallest absolute Gasteiger partial charge is 0.322 e. The van der Waals surface area contributed by atoms with Crippen molar-refractivity contribution in [2.75, 3.05) is 14.2 Å². The maximum atomic E-state index is 5.19. The first-order valence-corrected chi connectivity index (χ1v) is 10.5. The molecule has 0 bridgehead atoms. The van der Waals surface area contributed by atoms with Crippen LogP contribution in [0.2, 0.25) is 0 Å². The highest BCUT2D eigenvalue weighted by Crippen LogP contribution is 2.61. The monoisotopic (exact) mass is 418 g/mol. The Morgan fingerprint density at radius 3 is 1.90 bits per heavy atom. The van der Waals surface area contributed by atoms with Crippen LogP contribution in [-0.4, -0.2) is 34.2 Å². The number of methoxy groups -OCH3 is 2. The molecule has 4 rings (SSSR count). The second kappa shape index (κ2) is 7.01. The fourth-order valence-corrected chi connectivity index (χ4v) is 4.60. The summed E-state index contributed by atoms with van der Waals surface area (Å²) < 4.78 is 10.4. The molecular formula is C25H30N4O2. The number of aromatic nitrogens is 4. The molecular weight excluding hydrogens is 388 g/mol. The molecule has 0 saturated carbocycles. The van der Waals surface area contributed by atoms with E-state index in [1.54, 1.807) is 6.20 Å². The molecule has 0 fully saturated rings. The number of hydrogen-bond donors (Lipinski definition) is 0. The number of nitrogens with zero attached hydrogens (tertiary/aromatic N) is 4. The van der Waals surface area contributed by atoms with Crippen LogP contribution in [0.3, 0.4) is 0 Å². The Bertz CT molecular complexity index is 1130. The first kappa shape index (κ1) is 21.2. The highest BCUT2D eigenvalue weighted by molar-refractivity contribution is 5.69.